The first kappa shape index (κ1) is 21.1. The first-order valence-electron chi connectivity index (χ1n) is 12.0. The third kappa shape index (κ3) is 4.71. The summed E-state index contributed by atoms with van der Waals surface area (Å²) in [6.45, 7) is 5.61. The van der Waals surface area contributed by atoms with E-state index in [9.17, 15) is 9.59 Å². The van der Waals surface area contributed by atoms with Crippen molar-refractivity contribution in [2.75, 3.05) is 39.5 Å². The molecule has 1 aromatic heterocycles. The molecular formula is C23H34N4O4. The lowest BCUT2D eigenvalue weighted by Crippen LogP contribution is -2.44. The van der Waals surface area contributed by atoms with Gasteiger partial charge < -0.3 is 24.3 Å². The monoisotopic (exact) mass is 430 g/mol. The van der Waals surface area contributed by atoms with Gasteiger partial charge >= 0.3 is 0 Å². The van der Waals surface area contributed by atoms with Crippen LogP contribution in [0.1, 0.15) is 67.9 Å². The van der Waals surface area contributed by atoms with Crippen LogP contribution in [-0.2, 0) is 27.2 Å². The molecule has 4 aliphatic rings. The number of nitrogens with zero attached hydrogens (tertiary/aromatic N) is 3. The second-order valence-corrected chi connectivity index (χ2v) is 9.43. The fraction of sp³-hybridized carbons (Fsp3) is 0.783. The van der Waals surface area contributed by atoms with Crippen molar-refractivity contribution < 1.29 is 14.3 Å². The van der Waals surface area contributed by atoms with Crippen LogP contribution in [0.3, 0.4) is 0 Å². The normalized spacial score (nSPS) is 26.2. The lowest BCUT2D eigenvalue weighted by molar-refractivity contribution is -0.134. The molecule has 1 unspecified atom stereocenters. The molecule has 31 heavy (non-hydrogen) atoms. The molecule has 5 heterocycles. The van der Waals surface area contributed by atoms with Crippen LogP contribution in [0, 0.1) is 0 Å². The third-order valence-electron chi connectivity index (χ3n) is 7.49. The predicted octanol–water partition coefficient (Wildman–Crippen LogP) is 1.58. The first-order chi connectivity index (χ1) is 15.2. The highest BCUT2D eigenvalue weighted by Gasteiger charge is 2.31. The number of fused-ring (bicyclic) bond motifs is 1. The molecular weight excluding hydrogens is 396 g/mol. The van der Waals surface area contributed by atoms with E-state index in [1.54, 1.807) is 4.90 Å². The summed E-state index contributed by atoms with van der Waals surface area (Å²) in [6.07, 6.45) is 7.42. The van der Waals surface area contributed by atoms with Crippen molar-refractivity contribution in [2.45, 2.75) is 76.0 Å². The minimum atomic E-state index is -0.0681. The summed E-state index contributed by atoms with van der Waals surface area (Å²) in [6, 6.07) is 0.642. The average Bonchev–Trinajstić information content (AvgIpc) is 3.32. The van der Waals surface area contributed by atoms with Gasteiger partial charge in [-0.3, -0.25) is 9.59 Å². The molecule has 4 aliphatic heterocycles. The van der Waals surface area contributed by atoms with Gasteiger partial charge in [0.05, 0.1) is 30.3 Å². The number of piperidine rings is 1. The van der Waals surface area contributed by atoms with Crippen molar-refractivity contribution >= 4 is 5.91 Å². The summed E-state index contributed by atoms with van der Waals surface area (Å²) in [4.78, 5) is 37.8. The van der Waals surface area contributed by atoms with Crippen LogP contribution >= 0.6 is 0 Å². The van der Waals surface area contributed by atoms with Crippen LogP contribution in [0.25, 0.3) is 0 Å². The summed E-state index contributed by atoms with van der Waals surface area (Å²) in [5.41, 5.74) is 1.48. The number of carbonyl (C=O) groups excluding carboxylic acids is 1. The van der Waals surface area contributed by atoms with Crippen LogP contribution < -0.4 is 5.56 Å². The van der Waals surface area contributed by atoms with Gasteiger partial charge in [0.15, 0.2) is 0 Å². The zero-order valence-corrected chi connectivity index (χ0v) is 18.3. The van der Waals surface area contributed by atoms with Gasteiger partial charge in [-0.1, -0.05) is 0 Å². The van der Waals surface area contributed by atoms with Crippen LogP contribution in [0.2, 0.25) is 0 Å². The fourth-order valence-corrected chi connectivity index (χ4v) is 5.57. The summed E-state index contributed by atoms with van der Waals surface area (Å²) >= 11 is 0. The first-order valence-corrected chi connectivity index (χ1v) is 12.0. The molecule has 0 bridgehead atoms. The Hall–Kier alpha value is -1.77. The van der Waals surface area contributed by atoms with Gasteiger partial charge in [-0.15, -0.1) is 0 Å². The van der Waals surface area contributed by atoms with Crippen LogP contribution in [0.5, 0.6) is 0 Å². The number of likely N-dealkylation sites (tertiary alicyclic amines) is 1. The van der Waals surface area contributed by atoms with Crippen molar-refractivity contribution in [1.82, 2.24) is 19.8 Å². The average molecular weight is 431 g/mol. The molecule has 170 valence electrons. The molecule has 0 saturated carbocycles. The fourth-order valence-electron chi connectivity index (χ4n) is 5.57. The van der Waals surface area contributed by atoms with E-state index < -0.39 is 0 Å². The summed E-state index contributed by atoms with van der Waals surface area (Å²) in [5.74, 6) is 1.24. The van der Waals surface area contributed by atoms with Gasteiger partial charge in [-0.2, -0.15) is 0 Å². The Morgan fingerprint density at radius 2 is 1.87 bits per heavy atom. The van der Waals surface area contributed by atoms with E-state index in [1.807, 2.05) is 0 Å². The predicted molar refractivity (Wildman–Crippen MR) is 115 cm³/mol. The molecule has 1 amide bonds. The van der Waals surface area contributed by atoms with Gasteiger partial charge in [-0.05, 0) is 51.6 Å². The smallest absolute Gasteiger partial charge is 0.256 e. The van der Waals surface area contributed by atoms with Gasteiger partial charge in [0.25, 0.3) is 5.56 Å². The number of amides is 1. The summed E-state index contributed by atoms with van der Waals surface area (Å²) in [7, 11) is 0. The SMILES string of the molecule is O=C(CC1CCCO1)N1CCc2nc(C3CCN(C4CCOCC4)CC3)[nH]c(=O)c2C1. The molecule has 8 heteroatoms. The van der Waals surface area contributed by atoms with Gasteiger partial charge in [0.2, 0.25) is 5.91 Å². The van der Waals surface area contributed by atoms with Gasteiger partial charge in [-0.25, -0.2) is 4.98 Å². The van der Waals surface area contributed by atoms with Crippen molar-refractivity contribution in [3.05, 3.63) is 27.4 Å². The highest BCUT2D eigenvalue weighted by molar-refractivity contribution is 5.77. The number of ether oxygens (including phenoxy) is 2. The van der Waals surface area contributed by atoms with E-state index in [4.69, 9.17) is 14.5 Å². The molecule has 0 spiro atoms. The maximum Gasteiger partial charge on any atom is 0.256 e. The van der Waals surface area contributed by atoms with E-state index in [1.165, 1.54) is 0 Å². The van der Waals surface area contributed by atoms with E-state index in [2.05, 4.69) is 9.88 Å². The second-order valence-electron chi connectivity index (χ2n) is 9.43. The van der Waals surface area contributed by atoms with Gasteiger partial charge in [0.1, 0.15) is 5.82 Å². The molecule has 1 N–H and O–H groups in total. The number of aromatic amines is 1. The van der Waals surface area contributed by atoms with E-state index in [0.717, 1.165) is 83.0 Å². The number of hydrogen-bond acceptors (Lipinski definition) is 6. The maximum atomic E-state index is 12.9. The zero-order valence-electron chi connectivity index (χ0n) is 18.3. The maximum absolute atomic E-state index is 12.9. The standard InChI is InChI=1S/C23H34N4O4/c28-21(14-18-2-1-11-31-18)27-10-5-20-19(15-27)23(29)25-22(24-20)16-3-8-26(9-4-16)17-6-12-30-13-7-17/h16-18H,1-15H2,(H,24,25,29). The number of aromatic nitrogens is 2. The molecule has 5 rings (SSSR count). The lowest BCUT2D eigenvalue weighted by Gasteiger charge is -2.39. The Bertz CT molecular complexity index is 836. The summed E-state index contributed by atoms with van der Waals surface area (Å²) in [5, 5.41) is 0. The molecule has 8 nitrogen and oxygen atoms in total. The van der Waals surface area contributed by atoms with Crippen molar-refractivity contribution in [2.24, 2.45) is 0 Å². The van der Waals surface area contributed by atoms with Crippen molar-refractivity contribution in [3.8, 4) is 0 Å². The lowest BCUT2D eigenvalue weighted by atomic mass is 9.93. The minimum absolute atomic E-state index is 0.0414. The number of hydrogen-bond donors (Lipinski definition) is 1. The Kier molecular flexibility index (Phi) is 6.39. The zero-order chi connectivity index (χ0) is 21.2. The topological polar surface area (TPSA) is 87.8 Å². The number of H-pyrrole nitrogens is 1. The van der Waals surface area contributed by atoms with E-state index >= 15 is 0 Å². The third-order valence-corrected chi connectivity index (χ3v) is 7.49. The molecule has 3 fully saturated rings. The van der Waals surface area contributed by atoms with Crippen LogP contribution in [-0.4, -0.2) is 77.3 Å². The molecule has 1 aromatic rings. The van der Waals surface area contributed by atoms with Crippen LogP contribution in [0.4, 0.5) is 0 Å². The Labute approximate surface area is 183 Å². The largest absolute Gasteiger partial charge is 0.381 e. The van der Waals surface area contributed by atoms with Crippen molar-refractivity contribution in [1.29, 1.82) is 0 Å². The number of carbonyl (C=O) groups is 1. The highest BCUT2D eigenvalue weighted by atomic mass is 16.5. The van der Waals surface area contributed by atoms with Crippen molar-refractivity contribution in [3.63, 3.8) is 0 Å². The van der Waals surface area contributed by atoms with Gasteiger partial charge in [0, 0.05) is 44.7 Å². The molecule has 0 radical (unpaired) electrons. The quantitative estimate of drug-likeness (QED) is 0.780. The molecule has 3 saturated heterocycles. The second kappa shape index (κ2) is 9.38. The molecule has 1 atom stereocenters. The molecule has 0 aromatic carbocycles. The minimum Gasteiger partial charge on any atom is -0.381 e. The Morgan fingerprint density at radius 3 is 2.61 bits per heavy atom. The number of rotatable bonds is 4. The molecule has 0 aliphatic carbocycles. The van der Waals surface area contributed by atoms with Crippen LogP contribution in [0.15, 0.2) is 4.79 Å². The summed E-state index contributed by atoms with van der Waals surface area (Å²) < 4.78 is 11.1. The van der Waals surface area contributed by atoms with E-state index in [-0.39, 0.29) is 17.6 Å². The Morgan fingerprint density at radius 1 is 1.06 bits per heavy atom. The van der Waals surface area contributed by atoms with E-state index in [0.29, 0.717) is 43.5 Å². The Balaban J connectivity index is 1.21. The highest BCUT2D eigenvalue weighted by Crippen LogP contribution is 2.29. The number of nitrogens with one attached hydrogen (secondary N) is 1.